The largest absolute Gasteiger partial charge is 0.466 e. The molecular weight excluding hydrogens is 158 g/mol. The quantitative estimate of drug-likeness (QED) is 0.590. The highest BCUT2D eigenvalue weighted by Gasteiger charge is 2.11. The van der Waals surface area contributed by atoms with Crippen LogP contribution in [0.5, 0.6) is 0 Å². The molecule has 72 valence electrons. The van der Waals surface area contributed by atoms with Gasteiger partial charge in [0.25, 0.3) is 0 Å². The first-order valence-electron chi connectivity index (χ1n) is 4.13. The molecule has 0 aliphatic heterocycles. The Morgan fingerprint density at radius 1 is 1.58 bits per heavy atom. The lowest BCUT2D eigenvalue weighted by molar-refractivity contribution is -0.146. The van der Waals surface area contributed by atoms with Crippen LogP contribution in [-0.4, -0.2) is 32.3 Å². The van der Waals surface area contributed by atoms with E-state index < -0.39 is 0 Å². The van der Waals surface area contributed by atoms with Crippen LogP contribution >= 0.6 is 0 Å². The number of rotatable bonds is 6. The van der Waals surface area contributed by atoms with Gasteiger partial charge >= 0.3 is 5.97 Å². The molecule has 0 aliphatic rings. The Kier molecular flexibility index (Phi) is 6.70. The normalized spacial score (nSPS) is 12.6. The van der Waals surface area contributed by atoms with Crippen LogP contribution in [0.25, 0.3) is 0 Å². The molecule has 1 unspecified atom stereocenters. The molecule has 4 heteroatoms. The Morgan fingerprint density at radius 2 is 2.25 bits per heavy atom. The molecule has 12 heavy (non-hydrogen) atoms. The van der Waals surface area contributed by atoms with E-state index >= 15 is 0 Å². The number of hydrogen-bond donors (Lipinski definition) is 1. The van der Waals surface area contributed by atoms with Gasteiger partial charge in [0.1, 0.15) is 0 Å². The van der Waals surface area contributed by atoms with Crippen LogP contribution in [0, 0.1) is 0 Å². The van der Waals surface area contributed by atoms with Gasteiger partial charge in [-0.25, -0.2) is 0 Å². The molecule has 0 fully saturated rings. The van der Waals surface area contributed by atoms with Crippen molar-refractivity contribution in [2.24, 2.45) is 5.73 Å². The molecule has 4 nitrogen and oxygen atoms in total. The van der Waals surface area contributed by atoms with E-state index in [9.17, 15) is 4.79 Å². The Labute approximate surface area is 73.0 Å². The number of hydrogen-bond acceptors (Lipinski definition) is 4. The number of carbonyl (C=O) groups excluding carboxylic acids is 1. The summed E-state index contributed by atoms with van der Waals surface area (Å²) in [6.07, 6.45) is 0.869. The highest BCUT2D eigenvalue weighted by atomic mass is 16.5. The van der Waals surface area contributed by atoms with Crippen LogP contribution in [0.3, 0.4) is 0 Å². The Bertz CT molecular complexity index is 123. The third kappa shape index (κ3) is 5.09. The summed E-state index contributed by atoms with van der Waals surface area (Å²) in [7, 11) is 1.53. The van der Waals surface area contributed by atoms with E-state index in [1.54, 1.807) is 0 Å². The average molecular weight is 175 g/mol. The third-order valence-corrected chi connectivity index (χ3v) is 1.46. The van der Waals surface area contributed by atoms with Crippen molar-refractivity contribution < 1.29 is 14.3 Å². The van der Waals surface area contributed by atoms with Crippen LogP contribution in [0.2, 0.25) is 0 Å². The highest BCUT2D eigenvalue weighted by Crippen LogP contribution is 1.97. The fourth-order valence-electron chi connectivity index (χ4n) is 0.724. The lowest BCUT2D eigenvalue weighted by atomic mass is 10.2. The van der Waals surface area contributed by atoms with Crippen molar-refractivity contribution in [3.8, 4) is 0 Å². The maximum absolute atomic E-state index is 11.0. The number of methoxy groups -OCH3 is 1. The third-order valence-electron chi connectivity index (χ3n) is 1.46. The Balaban J connectivity index is 3.52. The smallest absolute Gasteiger partial charge is 0.308 e. The SMILES string of the molecule is CCCOC(=O)CC(CN)OC. The van der Waals surface area contributed by atoms with Gasteiger partial charge in [0.15, 0.2) is 0 Å². The summed E-state index contributed by atoms with van der Waals surface area (Å²) in [6, 6.07) is 0. The van der Waals surface area contributed by atoms with Gasteiger partial charge in [-0.1, -0.05) is 6.92 Å². The van der Waals surface area contributed by atoms with Crippen molar-refractivity contribution in [3.05, 3.63) is 0 Å². The molecule has 0 spiro atoms. The van der Waals surface area contributed by atoms with E-state index in [-0.39, 0.29) is 18.5 Å². The molecule has 0 saturated heterocycles. The second-order valence-corrected chi connectivity index (χ2v) is 2.52. The van der Waals surface area contributed by atoms with Crippen LogP contribution < -0.4 is 5.73 Å². The maximum Gasteiger partial charge on any atom is 0.308 e. The number of carbonyl (C=O) groups is 1. The minimum Gasteiger partial charge on any atom is -0.466 e. The molecule has 0 radical (unpaired) electrons. The van der Waals surface area contributed by atoms with Gasteiger partial charge in [-0.05, 0) is 6.42 Å². The van der Waals surface area contributed by atoms with Crippen molar-refractivity contribution in [2.45, 2.75) is 25.9 Å². The first-order chi connectivity index (χ1) is 5.74. The zero-order valence-corrected chi connectivity index (χ0v) is 7.71. The molecule has 0 saturated carbocycles. The first kappa shape index (κ1) is 11.4. The second kappa shape index (κ2) is 7.06. The predicted molar refractivity (Wildman–Crippen MR) is 45.7 cm³/mol. The number of nitrogens with two attached hydrogens (primary N) is 1. The molecule has 0 aromatic heterocycles. The number of esters is 1. The topological polar surface area (TPSA) is 61.5 Å². The van der Waals surface area contributed by atoms with E-state index in [0.717, 1.165) is 6.42 Å². The van der Waals surface area contributed by atoms with Gasteiger partial charge in [0, 0.05) is 13.7 Å². The molecular formula is C8H17NO3. The minimum absolute atomic E-state index is 0.214. The summed E-state index contributed by atoms with van der Waals surface area (Å²) >= 11 is 0. The molecule has 0 aromatic rings. The fraction of sp³-hybridized carbons (Fsp3) is 0.875. The van der Waals surface area contributed by atoms with E-state index in [1.165, 1.54) is 7.11 Å². The average Bonchev–Trinajstić information content (AvgIpc) is 2.10. The van der Waals surface area contributed by atoms with Crippen LogP contribution in [0.4, 0.5) is 0 Å². The first-order valence-corrected chi connectivity index (χ1v) is 4.13. The molecule has 1 atom stereocenters. The fourth-order valence-corrected chi connectivity index (χ4v) is 0.724. The van der Waals surface area contributed by atoms with Crippen molar-refractivity contribution in [1.29, 1.82) is 0 Å². The Hall–Kier alpha value is -0.610. The van der Waals surface area contributed by atoms with Crippen molar-refractivity contribution in [2.75, 3.05) is 20.3 Å². The van der Waals surface area contributed by atoms with E-state index in [1.807, 2.05) is 6.92 Å². The summed E-state index contributed by atoms with van der Waals surface area (Å²) in [5.41, 5.74) is 5.33. The molecule has 0 bridgehead atoms. The molecule has 0 heterocycles. The van der Waals surface area contributed by atoms with Crippen molar-refractivity contribution in [1.82, 2.24) is 0 Å². The predicted octanol–water partition coefficient (Wildman–Crippen LogP) is 0.303. The summed E-state index contributed by atoms with van der Waals surface area (Å²) in [5, 5.41) is 0. The summed E-state index contributed by atoms with van der Waals surface area (Å²) in [4.78, 5) is 11.0. The standard InChI is InChI=1S/C8H17NO3/c1-3-4-12-8(10)5-7(6-9)11-2/h7H,3-6,9H2,1-2H3. The second-order valence-electron chi connectivity index (χ2n) is 2.52. The molecule has 0 aromatic carbocycles. The summed E-state index contributed by atoms with van der Waals surface area (Å²) in [6.45, 7) is 2.77. The summed E-state index contributed by atoms with van der Waals surface area (Å²) in [5.74, 6) is -0.242. The maximum atomic E-state index is 11.0. The molecule has 0 aliphatic carbocycles. The van der Waals surface area contributed by atoms with E-state index in [4.69, 9.17) is 15.2 Å². The van der Waals surface area contributed by atoms with Gasteiger partial charge in [-0.15, -0.1) is 0 Å². The van der Waals surface area contributed by atoms with Crippen molar-refractivity contribution >= 4 is 5.97 Å². The zero-order chi connectivity index (χ0) is 9.40. The monoisotopic (exact) mass is 175 g/mol. The van der Waals surface area contributed by atoms with Gasteiger partial charge in [0.05, 0.1) is 19.1 Å². The van der Waals surface area contributed by atoms with E-state index in [0.29, 0.717) is 13.2 Å². The minimum atomic E-state index is -0.242. The van der Waals surface area contributed by atoms with Gasteiger partial charge in [-0.3, -0.25) is 4.79 Å². The molecule has 2 N–H and O–H groups in total. The lowest BCUT2D eigenvalue weighted by Crippen LogP contribution is -2.26. The molecule has 0 rings (SSSR count). The van der Waals surface area contributed by atoms with Crippen LogP contribution in [0.1, 0.15) is 19.8 Å². The number of ether oxygens (including phenoxy) is 2. The lowest BCUT2D eigenvalue weighted by Gasteiger charge is -2.11. The molecule has 0 amide bonds. The van der Waals surface area contributed by atoms with Crippen molar-refractivity contribution in [3.63, 3.8) is 0 Å². The van der Waals surface area contributed by atoms with Gasteiger partial charge in [-0.2, -0.15) is 0 Å². The Morgan fingerprint density at radius 3 is 2.67 bits per heavy atom. The van der Waals surface area contributed by atoms with Gasteiger partial charge < -0.3 is 15.2 Å². The van der Waals surface area contributed by atoms with Gasteiger partial charge in [0.2, 0.25) is 0 Å². The van der Waals surface area contributed by atoms with E-state index in [2.05, 4.69) is 0 Å². The highest BCUT2D eigenvalue weighted by molar-refractivity contribution is 5.69. The zero-order valence-electron chi connectivity index (χ0n) is 7.71. The van der Waals surface area contributed by atoms with Crippen LogP contribution in [0.15, 0.2) is 0 Å². The van der Waals surface area contributed by atoms with Crippen LogP contribution in [-0.2, 0) is 14.3 Å². The summed E-state index contributed by atoms with van der Waals surface area (Å²) < 4.78 is 9.78.